The quantitative estimate of drug-likeness (QED) is 0.837. The molecule has 1 aliphatic heterocycles. The minimum absolute atomic E-state index is 0.00835. The number of fused-ring (bicyclic) bond motifs is 1. The van der Waals surface area contributed by atoms with Gasteiger partial charge in [-0.1, -0.05) is 6.92 Å². The van der Waals surface area contributed by atoms with Gasteiger partial charge in [-0.3, -0.25) is 9.36 Å². The van der Waals surface area contributed by atoms with Crippen molar-refractivity contribution in [3.8, 4) is 0 Å². The van der Waals surface area contributed by atoms with E-state index in [0.29, 0.717) is 19.8 Å². The number of pyridine rings is 1. The van der Waals surface area contributed by atoms with Gasteiger partial charge >= 0.3 is 0 Å². The first-order valence-electron chi connectivity index (χ1n) is 6.98. The van der Waals surface area contributed by atoms with Crippen molar-refractivity contribution in [3.63, 3.8) is 0 Å². The number of aromatic nitrogens is 3. The van der Waals surface area contributed by atoms with Crippen LogP contribution in [0.5, 0.6) is 0 Å². The molecule has 3 heterocycles. The first kappa shape index (κ1) is 13.1. The number of anilines is 1. The Hall–Kier alpha value is -1.95. The monoisotopic (exact) mass is 274 g/mol. The van der Waals surface area contributed by atoms with E-state index >= 15 is 0 Å². The van der Waals surface area contributed by atoms with Crippen LogP contribution in [0.3, 0.4) is 0 Å². The predicted octanol–water partition coefficient (Wildman–Crippen LogP) is 1.04. The highest BCUT2D eigenvalue weighted by Crippen LogP contribution is 2.22. The SMILES string of the molecule is CCCn1c(=O)ccc2c(N3CCOCC3)ncnc21. The minimum Gasteiger partial charge on any atom is -0.378 e. The lowest BCUT2D eigenvalue weighted by Crippen LogP contribution is -2.37. The number of hydrogen-bond donors (Lipinski definition) is 0. The standard InChI is InChI=1S/C14H18N4O2/c1-2-5-18-12(19)4-3-11-13(15-10-16-14(11)18)17-6-8-20-9-7-17/h3-4,10H,2,5-9H2,1H3. The van der Waals surface area contributed by atoms with E-state index in [-0.39, 0.29) is 5.56 Å². The van der Waals surface area contributed by atoms with Crippen molar-refractivity contribution in [1.29, 1.82) is 0 Å². The van der Waals surface area contributed by atoms with Gasteiger partial charge in [0.2, 0.25) is 0 Å². The Bertz CT molecular complexity index is 662. The van der Waals surface area contributed by atoms with Gasteiger partial charge in [0.1, 0.15) is 17.8 Å². The maximum absolute atomic E-state index is 12.0. The fourth-order valence-electron chi connectivity index (χ4n) is 2.56. The molecule has 1 aliphatic rings. The van der Waals surface area contributed by atoms with Crippen LogP contribution in [0.4, 0.5) is 5.82 Å². The Balaban J connectivity index is 2.14. The molecule has 0 aliphatic carbocycles. The van der Waals surface area contributed by atoms with Crippen molar-refractivity contribution in [2.24, 2.45) is 0 Å². The molecule has 6 heteroatoms. The molecule has 0 unspecified atom stereocenters. The molecule has 0 amide bonds. The summed E-state index contributed by atoms with van der Waals surface area (Å²) in [6.45, 7) is 5.78. The van der Waals surface area contributed by atoms with E-state index in [1.54, 1.807) is 17.0 Å². The first-order chi connectivity index (χ1) is 9.81. The Morgan fingerprint density at radius 1 is 1.25 bits per heavy atom. The minimum atomic E-state index is -0.00835. The summed E-state index contributed by atoms with van der Waals surface area (Å²) in [4.78, 5) is 22.9. The summed E-state index contributed by atoms with van der Waals surface area (Å²) in [5.74, 6) is 0.892. The number of morpholine rings is 1. The molecule has 20 heavy (non-hydrogen) atoms. The van der Waals surface area contributed by atoms with Crippen LogP contribution in [0.1, 0.15) is 13.3 Å². The van der Waals surface area contributed by atoms with E-state index in [2.05, 4.69) is 21.8 Å². The Morgan fingerprint density at radius 2 is 2.05 bits per heavy atom. The average Bonchev–Trinajstić information content (AvgIpc) is 2.50. The van der Waals surface area contributed by atoms with Crippen molar-refractivity contribution in [2.75, 3.05) is 31.2 Å². The van der Waals surface area contributed by atoms with Crippen LogP contribution in [0, 0.1) is 0 Å². The maximum Gasteiger partial charge on any atom is 0.252 e. The van der Waals surface area contributed by atoms with Gasteiger partial charge in [-0.25, -0.2) is 9.97 Å². The highest BCUT2D eigenvalue weighted by molar-refractivity contribution is 5.87. The van der Waals surface area contributed by atoms with Crippen LogP contribution in [0.15, 0.2) is 23.3 Å². The van der Waals surface area contributed by atoms with E-state index in [9.17, 15) is 4.79 Å². The molecule has 0 radical (unpaired) electrons. The number of nitrogens with zero attached hydrogens (tertiary/aromatic N) is 4. The summed E-state index contributed by atoms with van der Waals surface area (Å²) in [5.41, 5.74) is 0.710. The van der Waals surface area contributed by atoms with Crippen LogP contribution in [-0.2, 0) is 11.3 Å². The summed E-state index contributed by atoms with van der Waals surface area (Å²) < 4.78 is 7.10. The van der Waals surface area contributed by atoms with Gasteiger partial charge in [-0.05, 0) is 12.5 Å². The topological polar surface area (TPSA) is 60.2 Å². The molecule has 1 saturated heterocycles. The third kappa shape index (κ3) is 2.27. The lowest BCUT2D eigenvalue weighted by Gasteiger charge is -2.28. The van der Waals surface area contributed by atoms with E-state index in [0.717, 1.165) is 36.4 Å². The van der Waals surface area contributed by atoms with Crippen molar-refractivity contribution in [1.82, 2.24) is 14.5 Å². The molecule has 1 fully saturated rings. The molecule has 0 atom stereocenters. The molecule has 0 spiro atoms. The Labute approximate surface area is 117 Å². The summed E-state index contributed by atoms with van der Waals surface area (Å²) in [6, 6.07) is 3.43. The second-order valence-electron chi connectivity index (χ2n) is 4.86. The zero-order chi connectivity index (χ0) is 13.9. The molecule has 106 valence electrons. The molecule has 2 aromatic rings. The van der Waals surface area contributed by atoms with Crippen molar-refractivity contribution in [3.05, 3.63) is 28.8 Å². The molecule has 3 rings (SSSR count). The number of hydrogen-bond acceptors (Lipinski definition) is 5. The lowest BCUT2D eigenvalue weighted by atomic mass is 10.2. The van der Waals surface area contributed by atoms with Crippen LogP contribution in [-0.4, -0.2) is 40.8 Å². The molecular formula is C14H18N4O2. The molecule has 0 bridgehead atoms. The van der Waals surface area contributed by atoms with E-state index in [1.807, 2.05) is 6.07 Å². The maximum atomic E-state index is 12.0. The number of aryl methyl sites for hydroxylation is 1. The Morgan fingerprint density at radius 3 is 2.80 bits per heavy atom. The second-order valence-corrected chi connectivity index (χ2v) is 4.86. The fourth-order valence-corrected chi connectivity index (χ4v) is 2.56. The van der Waals surface area contributed by atoms with Crippen molar-refractivity contribution < 1.29 is 4.74 Å². The molecule has 0 N–H and O–H groups in total. The third-order valence-corrected chi connectivity index (χ3v) is 3.51. The van der Waals surface area contributed by atoms with E-state index in [4.69, 9.17) is 4.74 Å². The molecule has 6 nitrogen and oxygen atoms in total. The Kier molecular flexibility index (Phi) is 3.64. The zero-order valence-corrected chi connectivity index (χ0v) is 11.6. The summed E-state index contributed by atoms with van der Waals surface area (Å²) in [7, 11) is 0. The first-order valence-corrected chi connectivity index (χ1v) is 6.98. The molecular weight excluding hydrogens is 256 g/mol. The summed E-state index contributed by atoms with van der Waals surface area (Å²) in [6.07, 6.45) is 2.44. The largest absolute Gasteiger partial charge is 0.378 e. The number of ether oxygens (including phenoxy) is 1. The molecule has 0 aromatic carbocycles. The predicted molar refractivity (Wildman–Crippen MR) is 77.1 cm³/mol. The second kappa shape index (κ2) is 5.58. The molecule has 2 aromatic heterocycles. The summed E-state index contributed by atoms with van der Waals surface area (Å²) >= 11 is 0. The van der Waals surface area contributed by atoms with Crippen LogP contribution >= 0.6 is 0 Å². The van der Waals surface area contributed by atoms with Gasteiger partial charge in [0.15, 0.2) is 0 Å². The third-order valence-electron chi connectivity index (χ3n) is 3.51. The smallest absolute Gasteiger partial charge is 0.252 e. The van der Waals surface area contributed by atoms with Gasteiger partial charge in [0, 0.05) is 25.7 Å². The lowest BCUT2D eigenvalue weighted by molar-refractivity contribution is 0.122. The van der Waals surface area contributed by atoms with Crippen molar-refractivity contribution in [2.45, 2.75) is 19.9 Å². The van der Waals surface area contributed by atoms with Crippen LogP contribution in [0.25, 0.3) is 11.0 Å². The van der Waals surface area contributed by atoms with Crippen LogP contribution in [0.2, 0.25) is 0 Å². The molecule has 0 saturated carbocycles. The van der Waals surface area contributed by atoms with Crippen molar-refractivity contribution >= 4 is 16.9 Å². The highest BCUT2D eigenvalue weighted by Gasteiger charge is 2.17. The zero-order valence-electron chi connectivity index (χ0n) is 11.6. The normalized spacial score (nSPS) is 15.8. The van der Waals surface area contributed by atoms with E-state index < -0.39 is 0 Å². The number of rotatable bonds is 3. The van der Waals surface area contributed by atoms with E-state index in [1.165, 1.54) is 0 Å². The fraction of sp³-hybridized carbons (Fsp3) is 0.500. The van der Waals surface area contributed by atoms with Gasteiger partial charge in [0.05, 0.1) is 18.6 Å². The summed E-state index contributed by atoms with van der Waals surface area (Å²) in [5, 5.41) is 0.933. The van der Waals surface area contributed by atoms with Gasteiger partial charge < -0.3 is 9.64 Å². The van der Waals surface area contributed by atoms with Crippen LogP contribution < -0.4 is 10.5 Å². The van der Waals surface area contributed by atoms with Gasteiger partial charge in [-0.2, -0.15) is 0 Å². The average molecular weight is 274 g/mol. The van der Waals surface area contributed by atoms with Gasteiger partial charge in [-0.15, -0.1) is 0 Å². The highest BCUT2D eigenvalue weighted by atomic mass is 16.5. The van der Waals surface area contributed by atoms with Gasteiger partial charge in [0.25, 0.3) is 5.56 Å².